The van der Waals surface area contributed by atoms with E-state index in [0.29, 0.717) is 6.04 Å². The largest absolute Gasteiger partial charge is 0.368 e. The molecule has 0 fully saturated rings. The number of anilines is 1. The highest BCUT2D eigenvalue weighted by Crippen LogP contribution is 2.26. The smallest absolute Gasteiger partial charge is 0.101 e. The fourth-order valence-electron chi connectivity index (χ4n) is 1.79. The van der Waals surface area contributed by atoms with Gasteiger partial charge in [-0.05, 0) is 38.5 Å². The summed E-state index contributed by atoms with van der Waals surface area (Å²) in [5.74, 6) is 0. The molecule has 16 heavy (non-hydrogen) atoms. The van der Waals surface area contributed by atoms with Crippen LogP contribution in [0.1, 0.15) is 32.8 Å². The lowest BCUT2D eigenvalue weighted by Crippen LogP contribution is -2.32. The van der Waals surface area contributed by atoms with Crippen molar-refractivity contribution in [2.24, 2.45) is 0 Å². The summed E-state index contributed by atoms with van der Waals surface area (Å²) in [7, 11) is 0. The monoisotopic (exact) mass is 280 g/mol. The molecule has 0 spiro atoms. The number of nitrogens with zero attached hydrogens (tertiary/aromatic N) is 2. The highest BCUT2D eigenvalue weighted by molar-refractivity contribution is 9.10. The van der Waals surface area contributed by atoms with E-state index in [1.165, 1.54) is 0 Å². The van der Waals surface area contributed by atoms with Crippen molar-refractivity contribution in [3.63, 3.8) is 0 Å². The third kappa shape index (κ3) is 2.76. The minimum absolute atomic E-state index is 0.457. The minimum atomic E-state index is 0.457. The van der Waals surface area contributed by atoms with E-state index in [-0.39, 0.29) is 0 Å². The van der Waals surface area contributed by atoms with Gasteiger partial charge in [0.2, 0.25) is 0 Å². The summed E-state index contributed by atoms with van der Waals surface area (Å²) in [6.45, 7) is 7.39. The van der Waals surface area contributed by atoms with Crippen LogP contribution in [0.3, 0.4) is 0 Å². The van der Waals surface area contributed by atoms with Crippen molar-refractivity contribution < 1.29 is 0 Å². The Morgan fingerprint density at radius 2 is 2.12 bits per heavy atom. The lowest BCUT2D eigenvalue weighted by molar-refractivity contribution is 0.629. The second-order valence-electron chi connectivity index (χ2n) is 3.82. The standard InChI is InChI=1S/C13H17BrN2/c1-4-10(3)16(5-2)13-7-6-12(14)8-11(13)9-15/h6-8,10H,4-5H2,1-3H3. The molecule has 1 aromatic rings. The molecule has 0 aliphatic carbocycles. The first kappa shape index (κ1) is 13.1. The lowest BCUT2D eigenvalue weighted by atomic mass is 10.1. The van der Waals surface area contributed by atoms with Gasteiger partial charge in [0.05, 0.1) is 11.3 Å². The highest BCUT2D eigenvalue weighted by atomic mass is 79.9. The summed E-state index contributed by atoms with van der Waals surface area (Å²) >= 11 is 3.39. The fourth-order valence-corrected chi connectivity index (χ4v) is 2.15. The van der Waals surface area contributed by atoms with Crippen molar-refractivity contribution in [3.05, 3.63) is 28.2 Å². The number of hydrogen-bond acceptors (Lipinski definition) is 2. The third-order valence-corrected chi connectivity index (χ3v) is 3.35. The van der Waals surface area contributed by atoms with Gasteiger partial charge in [0.15, 0.2) is 0 Å². The van der Waals surface area contributed by atoms with Crippen LogP contribution < -0.4 is 4.90 Å². The molecule has 86 valence electrons. The summed E-state index contributed by atoms with van der Waals surface area (Å²) in [4.78, 5) is 2.27. The van der Waals surface area contributed by atoms with Gasteiger partial charge in [-0.15, -0.1) is 0 Å². The first-order chi connectivity index (χ1) is 7.63. The Kier molecular flexibility index (Phi) is 4.82. The number of hydrogen-bond donors (Lipinski definition) is 0. The maximum atomic E-state index is 9.14. The number of rotatable bonds is 4. The Hall–Kier alpha value is -1.01. The molecule has 0 amide bonds. The second kappa shape index (κ2) is 5.91. The molecule has 3 heteroatoms. The molecular weight excluding hydrogens is 264 g/mol. The van der Waals surface area contributed by atoms with E-state index in [4.69, 9.17) is 5.26 Å². The minimum Gasteiger partial charge on any atom is -0.368 e. The zero-order valence-electron chi connectivity index (χ0n) is 10.00. The number of benzene rings is 1. The van der Waals surface area contributed by atoms with E-state index in [1.54, 1.807) is 0 Å². The summed E-state index contributed by atoms with van der Waals surface area (Å²) in [5.41, 5.74) is 1.76. The molecule has 0 heterocycles. The summed E-state index contributed by atoms with van der Waals surface area (Å²) in [6.07, 6.45) is 1.08. The van der Waals surface area contributed by atoms with Crippen LogP contribution in [0.25, 0.3) is 0 Å². The van der Waals surface area contributed by atoms with Crippen molar-refractivity contribution in [1.82, 2.24) is 0 Å². The molecular formula is C13H17BrN2. The molecule has 1 rings (SSSR count). The van der Waals surface area contributed by atoms with Crippen molar-refractivity contribution in [2.45, 2.75) is 33.2 Å². The van der Waals surface area contributed by atoms with Crippen LogP contribution in [0.15, 0.2) is 22.7 Å². The quantitative estimate of drug-likeness (QED) is 0.835. The van der Waals surface area contributed by atoms with Gasteiger partial charge >= 0.3 is 0 Å². The maximum Gasteiger partial charge on any atom is 0.101 e. The average molecular weight is 281 g/mol. The van der Waals surface area contributed by atoms with E-state index in [2.05, 4.69) is 47.7 Å². The summed E-state index contributed by atoms with van der Waals surface area (Å²) < 4.78 is 0.952. The van der Waals surface area contributed by atoms with Gasteiger partial charge in [0.25, 0.3) is 0 Å². The molecule has 1 atom stereocenters. The molecule has 0 aromatic heterocycles. The number of nitriles is 1. The summed E-state index contributed by atoms with van der Waals surface area (Å²) in [6, 6.07) is 8.59. The second-order valence-corrected chi connectivity index (χ2v) is 4.73. The van der Waals surface area contributed by atoms with Gasteiger partial charge in [-0.25, -0.2) is 0 Å². The predicted molar refractivity (Wildman–Crippen MR) is 71.6 cm³/mol. The van der Waals surface area contributed by atoms with Gasteiger partial charge in [-0.2, -0.15) is 5.26 Å². The van der Waals surface area contributed by atoms with Crippen LogP contribution in [0.4, 0.5) is 5.69 Å². The fraction of sp³-hybridized carbons (Fsp3) is 0.462. The van der Waals surface area contributed by atoms with Gasteiger partial charge in [-0.1, -0.05) is 22.9 Å². The molecule has 0 aliphatic rings. The van der Waals surface area contributed by atoms with Gasteiger partial charge in [0, 0.05) is 17.1 Å². The normalized spacial score (nSPS) is 11.9. The van der Waals surface area contributed by atoms with Crippen molar-refractivity contribution in [2.75, 3.05) is 11.4 Å². The zero-order valence-corrected chi connectivity index (χ0v) is 11.6. The molecule has 0 saturated carbocycles. The van der Waals surface area contributed by atoms with Gasteiger partial charge in [0.1, 0.15) is 6.07 Å². The Bertz CT molecular complexity index is 395. The molecule has 2 nitrogen and oxygen atoms in total. The van der Waals surface area contributed by atoms with Crippen LogP contribution in [0.2, 0.25) is 0 Å². The first-order valence-electron chi connectivity index (χ1n) is 5.60. The predicted octanol–water partition coefficient (Wildman–Crippen LogP) is 3.95. The van der Waals surface area contributed by atoms with E-state index >= 15 is 0 Å². The zero-order chi connectivity index (χ0) is 12.1. The Balaban J connectivity index is 3.15. The van der Waals surface area contributed by atoms with E-state index in [0.717, 1.165) is 28.7 Å². The average Bonchev–Trinajstić information content (AvgIpc) is 2.31. The van der Waals surface area contributed by atoms with Crippen LogP contribution in [0.5, 0.6) is 0 Å². The van der Waals surface area contributed by atoms with Gasteiger partial charge < -0.3 is 4.90 Å². The van der Waals surface area contributed by atoms with Crippen molar-refractivity contribution in [3.8, 4) is 6.07 Å². The molecule has 1 unspecified atom stereocenters. The highest BCUT2D eigenvalue weighted by Gasteiger charge is 2.14. The van der Waals surface area contributed by atoms with Crippen molar-refractivity contribution in [1.29, 1.82) is 5.26 Å². The third-order valence-electron chi connectivity index (χ3n) is 2.85. The molecule has 0 aliphatic heterocycles. The first-order valence-corrected chi connectivity index (χ1v) is 6.39. The Morgan fingerprint density at radius 3 is 2.62 bits per heavy atom. The molecule has 0 radical (unpaired) electrons. The lowest BCUT2D eigenvalue weighted by Gasteiger charge is -2.30. The summed E-state index contributed by atoms with van der Waals surface area (Å²) in [5, 5.41) is 9.14. The molecule has 0 saturated heterocycles. The Morgan fingerprint density at radius 1 is 1.44 bits per heavy atom. The maximum absolute atomic E-state index is 9.14. The van der Waals surface area contributed by atoms with Crippen LogP contribution in [-0.4, -0.2) is 12.6 Å². The van der Waals surface area contributed by atoms with Crippen LogP contribution in [-0.2, 0) is 0 Å². The van der Waals surface area contributed by atoms with Crippen LogP contribution >= 0.6 is 15.9 Å². The number of halogens is 1. The molecule has 1 aromatic carbocycles. The van der Waals surface area contributed by atoms with E-state index < -0.39 is 0 Å². The van der Waals surface area contributed by atoms with E-state index in [1.807, 2.05) is 18.2 Å². The molecule has 0 bridgehead atoms. The van der Waals surface area contributed by atoms with Crippen molar-refractivity contribution >= 4 is 21.6 Å². The van der Waals surface area contributed by atoms with E-state index in [9.17, 15) is 0 Å². The van der Waals surface area contributed by atoms with Crippen LogP contribution in [0, 0.1) is 11.3 Å². The Labute approximate surface area is 106 Å². The van der Waals surface area contributed by atoms with Gasteiger partial charge in [-0.3, -0.25) is 0 Å². The SMILES string of the molecule is CCC(C)N(CC)c1ccc(Br)cc1C#N. The topological polar surface area (TPSA) is 27.0 Å². The molecule has 0 N–H and O–H groups in total.